The predicted molar refractivity (Wildman–Crippen MR) is 77.0 cm³/mol. The number of imidazole rings is 1. The lowest BCUT2D eigenvalue weighted by molar-refractivity contribution is 0.396. The Balaban J connectivity index is 1.84. The highest BCUT2D eigenvalue weighted by molar-refractivity contribution is 5.39. The molecule has 0 fully saturated rings. The van der Waals surface area contributed by atoms with Crippen molar-refractivity contribution in [3.05, 3.63) is 53.6 Å². The highest BCUT2D eigenvalue weighted by Gasteiger charge is 2.36. The van der Waals surface area contributed by atoms with Gasteiger partial charge in [0.15, 0.2) is 0 Å². The Hall–Kier alpha value is -1.61. The van der Waals surface area contributed by atoms with Crippen LogP contribution in [0.1, 0.15) is 29.8 Å². The Morgan fingerprint density at radius 3 is 2.95 bits per heavy atom. The second kappa shape index (κ2) is 4.82. The third-order valence-electron chi connectivity index (χ3n) is 4.60. The maximum Gasteiger partial charge on any atom is 0.108 e. The van der Waals surface area contributed by atoms with E-state index in [1.807, 2.05) is 12.4 Å². The van der Waals surface area contributed by atoms with Crippen LogP contribution in [0.15, 0.2) is 36.7 Å². The van der Waals surface area contributed by atoms with Crippen LogP contribution in [0.5, 0.6) is 0 Å². The molecular weight excluding hydrogens is 234 g/mol. The Bertz CT molecular complexity index is 573. The molecule has 1 atom stereocenters. The van der Waals surface area contributed by atoms with Crippen molar-refractivity contribution >= 4 is 0 Å². The molecule has 0 saturated carbocycles. The van der Waals surface area contributed by atoms with E-state index in [4.69, 9.17) is 5.73 Å². The zero-order chi connectivity index (χ0) is 13.3. The van der Waals surface area contributed by atoms with Crippen LogP contribution in [0.4, 0.5) is 0 Å². The number of fused-ring (bicyclic) bond motifs is 1. The fraction of sp³-hybridized carbons (Fsp3) is 0.438. The van der Waals surface area contributed by atoms with E-state index < -0.39 is 0 Å². The molecule has 0 aliphatic heterocycles. The maximum absolute atomic E-state index is 6.13. The molecule has 0 saturated heterocycles. The Morgan fingerprint density at radius 2 is 2.21 bits per heavy atom. The standard InChI is InChI=1S/C16H21N3/c1-19-11-10-18-15(19)7-9-16(12-17)8-6-13-4-2-3-5-14(13)16/h2-5,10-11H,6-9,12,17H2,1H3. The second-order valence-electron chi connectivity index (χ2n) is 5.60. The van der Waals surface area contributed by atoms with E-state index >= 15 is 0 Å². The van der Waals surface area contributed by atoms with E-state index in [2.05, 4.69) is 40.9 Å². The van der Waals surface area contributed by atoms with Gasteiger partial charge >= 0.3 is 0 Å². The quantitative estimate of drug-likeness (QED) is 0.910. The minimum absolute atomic E-state index is 0.155. The van der Waals surface area contributed by atoms with Gasteiger partial charge in [0.1, 0.15) is 5.82 Å². The Kier molecular flexibility index (Phi) is 3.15. The first-order valence-electron chi connectivity index (χ1n) is 7.00. The predicted octanol–water partition coefficient (Wildman–Crippen LogP) is 2.20. The van der Waals surface area contributed by atoms with Gasteiger partial charge in [0, 0.05) is 37.8 Å². The van der Waals surface area contributed by atoms with Crippen molar-refractivity contribution in [1.82, 2.24) is 9.55 Å². The van der Waals surface area contributed by atoms with E-state index in [-0.39, 0.29) is 5.41 Å². The van der Waals surface area contributed by atoms with Gasteiger partial charge in [-0.25, -0.2) is 4.98 Å². The highest BCUT2D eigenvalue weighted by atomic mass is 15.0. The molecule has 3 nitrogen and oxygen atoms in total. The average Bonchev–Trinajstić information content (AvgIpc) is 3.01. The fourth-order valence-corrected chi connectivity index (χ4v) is 3.33. The first-order chi connectivity index (χ1) is 9.25. The van der Waals surface area contributed by atoms with Crippen molar-refractivity contribution in [3.8, 4) is 0 Å². The summed E-state index contributed by atoms with van der Waals surface area (Å²) >= 11 is 0. The number of benzene rings is 1. The van der Waals surface area contributed by atoms with Crippen LogP contribution in [-0.4, -0.2) is 16.1 Å². The number of rotatable bonds is 4. The third kappa shape index (κ3) is 2.08. The zero-order valence-electron chi connectivity index (χ0n) is 11.5. The summed E-state index contributed by atoms with van der Waals surface area (Å²) < 4.78 is 2.10. The maximum atomic E-state index is 6.13. The molecule has 1 heterocycles. The van der Waals surface area contributed by atoms with Gasteiger partial charge in [0.2, 0.25) is 0 Å². The van der Waals surface area contributed by atoms with Crippen LogP contribution in [0.2, 0.25) is 0 Å². The lowest BCUT2D eigenvalue weighted by Crippen LogP contribution is -2.33. The van der Waals surface area contributed by atoms with Crippen molar-refractivity contribution in [2.75, 3.05) is 6.54 Å². The number of hydrogen-bond donors (Lipinski definition) is 1. The molecule has 1 aliphatic rings. The number of aromatic nitrogens is 2. The van der Waals surface area contributed by atoms with E-state index in [0.29, 0.717) is 0 Å². The van der Waals surface area contributed by atoms with Gasteiger partial charge in [-0.15, -0.1) is 0 Å². The Morgan fingerprint density at radius 1 is 1.37 bits per heavy atom. The summed E-state index contributed by atoms with van der Waals surface area (Å²) in [5.41, 5.74) is 9.23. The van der Waals surface area contributed by atoms with Crippen LogP contribution in [0, 0.1) is 0 Å². The topological polar surface area (TPSA) is 43.8 Å². The molecule has 1 unspecified atom stereocenters. The first-order valence-corrected chi connectivity index (χ1v) is 7.00. The second-order valence-corrected chi connectivity index (χ2v) is 5.60. The molecule has 1 aromatic heterocycles. The fourth-order valence-electron chi connectivity index (χ4n) is 3.33. The van der Waals surface area contributed by atoms with Crippen LogP contribution in [0.25, 0.3) is 0 Å². The smallest absolute Gasteiger partial charge is 0.108 e. The first kappa shape index (κ1) is 12.4. The molecule has 100 valence electrons. The minimum atomic E-state index is 0.155. The average molecular weight is 255 g/mol. The normalized spacial score (nSPS) is 21.6. The molecule has 0 amide bonds. The SMILES string of the molecule is Cn1ccnc1CCC1(CN)CCc2ccccc21. The largest absolute Gasteiger partial charge is 0.338 e. The van der Waals surface area contributed by atoms with Gasteiger partial charge in [0.25, 0.3) is 0 Å². The van der Waals surface area contributed by atoms with Gasteiger partial charge in [-0.2, -0.15) is 0 Å². The van der Waals surface area contributed by atoms with Gasteiger partial charge in [-0.05, 0) is 30.4 Å². The lowest BCUT2D eigenvalue weighted by atomic mass is 9.78. The summed E-state index contributed by atoms with van der Waals surface area (Å²) in [7, 11) is 2.06. The molecule has 1 aromatic carbocycles. The van der Waals surface area contributed by atoms with Crippen molar-refractivity contribution in [1.29, 1.82) is 0 Å². The van der Waals surface area contributed by atoms with Crippen molar-refractivity contribution in [2.24, 2.45) is 12.8 Å². The van der Waals surface area contributed by atoms with Gasteiger partial charge in [-0.3, -0.25) is 0 Å². The molecule has 1 aliphatic carbocycles. The molecule has 19 heavy (non-hydrogen) atoms. The van der Waals surface area contributed by atoms with E-state index in [1.165, 1.54) is 17.5 Å². The molecule has 3 heteroatoms. The molecule has 0 bridgehead atoms. The minimum Gasteiger partial charge on any atom is -0.338 e. The molecule has 0 spiro atoms. The van der Waals surface area contributed by atoms with Crippen LogP contribution in [0.3, 0.4) is 0 Å². The molecule has 2 N–H and O–H groups in total. The van der Waals surface area contributed by atoms with E-state index in [0.717, 1.165) is 31.6 Å². The summed E-state index contributed by atoms with van der Waals surface area (Å²) in [6.07, 6.45) is 8.29. The van der Waals surface area contributed by atoms with Gasteiger partial charge < -0.3 is 10.3 Å². The molecule has 0 radical (unpaired) electrons. The monoisotopic (exact) mass is 255 g/mol. The zero-order valence-corrected chi connectivity index (χ0v) is 11.5. The van der Waals surface area contributed by atoms with Gasteiger partial charge in [0.05, 0.1) is 0 Å². The van der Waals surface area contributed by atoms with Crippen molar-refractivity contribution < 1.29 is 0 Å². The summed E-state index contributed by atoms with van der Waals surface area (Å²) in [5.74, 6) is 1.15. The molecular formula is C16H21N3. The van der Waals surface area contributed by atoms with Crippen molar-refractivity contribution in [2.45, 2.75) is 31.1 Å². The van der Waals surface area contributed by atoms with E-state index in [9.17, 15) is 0 Å². The summed E-state index contributed by atoms with van der Waals surface area (Å²) in [5, 5.41) is 0. The number of hydrogen-bond acceptors (Lipinski definition) is 2. The molecule has 3 rings (SSSR count). The van der Waals surface area contributed by atoms with Crippen molar-refractivity contribution in [3.63, 3.8) is 0 Å². The van der Waals surface area contributed by atoms with Crippen LogP contribution < -0.4 is 5.73 Å². The lowest BCUT2D eigenvalue weighted by Gasteiger charge is -2.29. The summed E-state index contributed by atoms with van der Waals surface area (Å²) in [6.45, 7) is 0.731. The van der Waals surface area contributed by atoms with Crippen LogP contribution in [-0.2, 0) is 25.3 Å². The number of nitrogens with zero attached hydrogens (tertiary/aromatic N) is 2. The van der Waals surface area contributed by atoms with Crippen LogP contribution >= 0.6 is 0 Å². The third-order valence-corrected chi connectivity index (χ3v) is 4.60. The number of aryl methyl sites for hydroxylation is 3. The highest BCUT2D eigenvalue weighted by Crippen LogP contribution is 2.41. The van der Waals surface area contributed by atoms with Gasteiger partial charge in [-0.1, -0.05) is 24.3 Å². The Labute approximate surface area is 114 Å². The molecule has 2 aromatic rings. The summed E-state index contributed by atoms with van der Waals surface area (Å²) in [4.78, 5) is 4.42. The summed E-state index contributed by atoms with van der Waals surface area (Å²) in [6, 6.07) is 8.76. The number of nitrogens with two attached hydrogens (primary N) is 1. The van der Waals surface area contributed by atoms with E-state index in [1.54, 1.807) is 0 Å².